The predicted molar refractivity (Wildman–Crippen MR) is 72.2 cm³/mol. The van der Waals surface area contributed by atoms with Crippen molar-refractivity contribution in [3.63, 3.8) is 0 Å². The lowest BCUT2D eigenvalue weighted by molar-refractivity contribution is 0.804. The summed E-state index contributed by atoms with van der Waals surface area (Å²) in [5.74, 6) is 0.495. The van der Waals surface area contributed by atoms with E-state index in [4.69, 9.17) is 0 Å². The number of rotatable bonds is 4. The van der Waals surface area contributed by atoms with Crippen LogP contribution in [0.3, 0.4) is 0 Å². The fourth-order valence-corrected chi connectivity index (χ4v) is 1.51. The van der Waals surface area contributed by atoms with E-state index in [0.29, 0.717) is 5.92 Å². The van der Waals surface area contributed by atoms with Crippen LogP contribution in [0.25, 0.3) is 0 Å². The average Bonchev–Trinajstić information content (AvgIpc) is 2.00. The summed E-state index contributed by atoms with van der Waals surface area (Å²) in [4.78, 5) is 0. The average molecular weight is 212 g/mol. The summed E-state index contributed by atoms with van der Waals surface area (Å²) in [5.41, 5.74) is 2.62. The van der Waals surface area contributed by atoms with Crippen molar-refractivity contribution in [2.24, 2.45) is 5.92 Å². The van der Waals surface area contributed by atoms with Crippen LogP contribution in [0.1, 0.15) is 20.8 Å². The molecule has 0 aromatic carbocycles. The molecule has 0 aromatic rings. The Morgan fingerprint density at radius 3 is 2.07 bits per heavy atom. The summed E-state index contributed by atoms with van der Waals surface area (Å²) in [7, 11) is -0.513. The molecule has 0 aliphatic carbocycles. The minimum absolute atomic E-state index is 0.495. The molecule has 82 valence electrons. The van der Waals surface area contributed by atoms with Gasteiger partial charge >= 0.3 is 0 Å². The Morgan fingerprint density at radius 2 is 1.71 bits per heavy atom. The molecule has 0 N–H and O–H groups in total. The van der Waals surface area contributed by atoms with E-state index in [-0.39, 0.29) is 0 Å². The number of allylic oxidation sites excluding steroid dienone is 4. The van der Waals surface area contributed by atoms with Gasteiger partial charge in [0.2, 0.25) is 0 Å². The molecule has 0 aliphatic heterocycles. The van der Waals surface area contributed by atoms with Crippen molar-refractivity contribution in [3.05, 3.63) is 35.3 Å². The SMILES string of the molecule is C=C(C)C(C)/C(C)=C/C=C/S(C)(C)C. The summed E-state index contributed by atoms with van der Waals surface area (Å²) < 4.78 is 0. The minimum atomic E-state index is -0.513. The van der Waals surface area contributed by atoms with Gasteiger partial charge in [0.1, 0.15) is 0 Å². The van der Waals surface area contributed by atoms with Crippen molar-refractivity contribution in [2.75, 3.05) is 18.8 Å². The van der Waals surface area contributed by atoms with Crippen LogP contribution in [0.15, 0.2) is 35.3 Å². The maximum Gasteiger partial charge on any atom is -0.00265 e. The van der Waals surface area contributed by atoms with Crippen molar-refractivity contribution in [2.45, 2.75) is 20.8 Å². The van der Waals surface area contributed by atoms with Crippen LogP contribution in [-0.4, -0.2) is 18.8 Å². The zero-order valence-corrected chi connectivity index (χ0v) is 11.2. The van der Waals surface area contributed by atoms with E-state index in [0.717, 1.165) is 0 Å². The molecule has 0 heterocycles. The summed E-state index contributed by atoms with van der Waals surface area (Å²) in [5, 5.41) is 2.31. The fraction of sp³-hybridized carbons (Fsp3) is 0.538. The molecule has 0 aromatic heterocycles. The van der Waals surface area contributed by atoms with Crippen LogP contribution in [0.2, 0.25) is 0 Å². The van der Waals surface area contributed by atoms with Gasteiger partial charge in [-0.05, 0) is 43.9 Å². The van der Waals surface area contributed by atoms with Gasteiger partial charge in [0.25, 0.3) is 0 Å². The van der Waals surface area contributed by atoms with Crippen molar-refractivity contribution >= 4 is 10.0 Å². The normalized spacial score (nSPS) is 17.1. The van der Waals surface area contributed by atoms with Gasteiger partial charge in [-0.3, -0.25) is 0 Å². The van der Waals surface area contributed by atoms with Crippen LogP contribution in [0.4, 0.5) is 0 Å². The van der Waals surface area contributed by atoms with Crippen molar-refractivity contribution in [1.29, 1.82) is 0 Å². The van der Waals surface area contributed by atoms with Crippen molar-refractivity contribution < 1.29 is 0 Å². The van der Waals surface area contributed by atoms with E-state index < -0.39 is 10.0 Å². The minimum Gasteiger partial charge on any atom is -0.230 e. The highest BCUT2D eigenvalue weighted by atomic mass is 32.3. The highest BCUT2D eigenvalue weighted by Gasteiger charge is 2.02. The Hall–Kier alpha value is -0.430. The lowest BCUT2D eigenvalue weighted by Crippen LogP contribution is -1.96. The Bertz CT molecular complexity index is 251. The van der Waals surface area contributed by atoms with E-state index in [2.05, 4.69) is 63.7 Å². The van der Waals surface area contributed by atoms with Crippen LogP contribution < -0.4 is 0 Å². The Kier molecular flexibility index (Phi) is 5.28. The van der Waals surface area contributed by atoms with Gasteiger partial charge in [-0.25, -0.2) is 10.0 Å². The first-order chi connectivity index (χ1) is 6.24. The van der Waals surface area contributed by atoms with Gasteiger partial charge in [-0.1, -0.05) is 36.8 Å². The van der Waals surface area contributed by atoms with Crippen molar-refractivity contribution in [3.8, 4) is 0 Å². The van der Waals surface area contributed by atoms with Gasteiger partial charge in [-0.15, -0.1) is 0 Å². The van der Waals surface area contributed by atoms with Crippen LogP contribution in [-0.2, 0) is 0 Å². The quantitative estimate of drug-likeness (QED) is 0.480. The van der Waals surface area contributed by atoms with Gasteiger partial charge in [0.15, 0.2) is 0 Å². The molecule has 0 rings (SSSR count). The molecule has 0 saturated carbocycles. The van der Waals surface area contributed by atoms with Crippen LogP contribution in [0.5, 0.6) is 0 Å². The van der Waals surface area contributed by atoms with E-state index in [1.165, 1.54) is 11.1 Å². The lowest BCUT2D eigenvalue weighted by atomic mass is 9.96. The standard InChI is InChI=1S/C13H24S/c1-11(2)13(4)12(3)9-8-10-14(5,6)7/h8-10,13H,1H2,2-7H3/b10-8+,12-9+. The van der Waals surface area contributed by atoms with E-state index in [9.17, 15) is 0 Å². The molecule has 0 fully saturated rings. The molecule has 0 saturated heterocycles. The lowest BCUT2D eigenvalue weighted by Gasteiger charge is -2.18. The fourth-order valence-electron chi connectivity index (χ4n) is 0.960. The van der Waals surface area contributed by atoms with Gasteiger partial charge < -0.3 is 0 Å². The second-order valence-electron chi connectivity index (χ2n) is 4.74. The molecule has 1 heteroatoms. The Labute approximate surface area is 91.1 Å². The molecular weight excluding hydrogens is 188 g/mol. The third kappa shape index (κ3) is 6.09. The Balaban J connectivity index is 4.40. The summed E-state index contributed by atoms with van der Waals surface area (Å²) in [6, 6.07) is 0. The van der Waals surface area contributed by atoms with Gasteiger partial charge in [-0.2, -0.15) is 0 Å². The molecule has 0 radical (unpaired) electrons. The molecule has 0 aliphatic rings. The molecule has 0 nitrogen and oxygen atoms in total. The molecule has 0 bridgehead atoms. The molecule has 14 heavy (non-hydrogen) atoms. The van der Waals surface area contributed by atoms with E-state index in [1.54, 1.807) is 0 Å². The molecule has 1 atom stereocenters. The zero-order valence-electron chi connectivity index (χ0n) is 10.4. The number of hydrogen-bond acceptors (Lipinski definition) is 0. The summed E-state index contributed by atoms with van der Waals surface area (Å²) >= 11 is 0. The monoisotopic (exact) mass is 212 g/mol. The first-order valence-corrected chi connectivity index (χ1v) is 7.84. The van der Waals surface area contributed by atoms with E-state index >= 15 is 0 Å². The summed E-state index contributed by atoms with van der Waals surface area (Å²) in [6.45, 7) is 10.4. The Morgan fingerprint density at radius 1 is 1.21 bits per heavy atom. The second-order valence-corrected chi connectivity index (χ2v) is 8.87. The molecular formula is C13H24S. The maximum atomic E-state index is 3.97. The second kappa shape index (κ2) is 5.45. The third-order valence-corrected chi connectivity index (χ3v) is 3.24. The van der Waals surface area contributed by atoms with Crippen LogP contribution in [0, 0.1) is 5.92 Å². The van der Waals surface area contributed by atoms with Gasteiger partial charge in [0.05, 0.1) is 0 Å². The van der Waals surface area contributed by atoms with Crippen molar-refractivity contribution in [1.82, 2.24) is 0 Å². The summed E-state index contributed by atoms with van der Waals surface area (Å²) in [6.07, 6.45) is 11.3. The molecule has 0 spiro atoms. The first kappa shape index (κ1) is 13.6. The molecule has 1 unspecified atom stereocenters. The molecule has 0 amide bonds. The van der Waals surface area contributed by atoms with E-state index in [1.807, 2.05) is 0 Å². The number of hydrogen-bond donors (Lipinski definition) is 0. The zero-order chi connectivity index (χ0) is 11.4. The highest BCUT2D eigenvalue weighted by molar-refractivity contribution is 8.34. The smallest absolute Gasteiger partial charge is 0.00265 e. The van der Waals surface area contributed by atoms with Gasteiger partial charge in [0, 0.05) is 0 Å². The third-order valence-electron chi connectivity index (χ3n) is 2.27. The first-order valence-electron chi connectivity index (χ1n) is 4.92. The predicted octanol–water partition coefficient (Wildman–Crippen LogP) is 4.35. The topological polar surface area (TPSA) is 0 Å². The van der Waals surface area contributed by atoms with Crippen LogP contribution >= 0.6 is 10.0 Å². The highest BCUT2D eigenvalue weighted by Crippen LogP contribution is 2.36. The maximum absolute atomic E-state index is 3.97. The largest absolute Gasteiger partial charge is 0.230 e.